The lowest BCUT2D eigenvalue weighted by Gasteiger charge is -2.39. The highest BCUT2D eigenvalue weighted by Crippen LogP contribution is 2.12. The molecule has 1 aliphatic heterocycles. The van der Waals surface area contributed by atoms with Gasteiger partial charge in [-0.15, -0.1) is 0 Å². The standard InChI is InChI=1S/C15H29N5/c1-2-15(4-5-16)20-12-10-18(11-13-20)7-3-8-19-9-6-17-14-19/h6,9,14-15H,2-5,7-8,10-13,16H2,1H3. The average molecular weight is 279 g/mol. The zero-order chi connectivity index (χ0) is 14.2. The Morgan fingerprint density at radius 2 is 2.00 bits per heavy atom. The summed E-state index contributed by atoms with van der Waals surface area (Å²) in [6, 6.07) is 0.688. The van der Waals surface area contributed by atoms with Crippen LogP contribution in [0, 0.1) is 0 Å². The number of hydrogen-bond donors (Lipinski definition) is 1. The van der Waals surface area contributed by atoms with Crippen molar-refractivity contribution < 1.29 is 0 Å². The van der Waals surface area contributed by atoms with Crippen LogP contribution in [0.15, 0.2) is 18.7 Å². The molecule has 2 heterocycles. The summed E-state index contributed by atoms with van der Waals surface area (Å²) in [5, 5.41) is 0. The zero-order valence-electron chi connectivity index (χ0n) is 12.7. The minimum atomic E-state index is 0.688. The Kier molecular flexibility index (Phi) is 6.50. The lowest BCUT2D eigenvalue weighted by molar-refractivity contribution is 0.0897. The van der Waals surface area contributed by atoms with Crippen molar-refractivity contribution >= 4 is 0 Å². The molecular weight excluding hydrogens is 250 g/mol. The fourth-order valence-corrected chi connectivity index (χ4v) is 3.09. The van der Waals surface area contributed by atoms with Crippen LogP contribution < -0.4 is 5.73 Å². The second kappa shape index (κ2) is 8.39. The molecule has 0 saturated carbocycles. The van der Waals surface area contributed by atoms with E-state index >= 15 is 0 Å². The first-order chi connectivity index (χ1) is 9.83. The third-order valence-corrected chi connectivity index (χ3v) is 4.34. The molecule has 0 amide bonds. The monoisotopic (exact) mass is 279 g/mol. The third-order valence-electron chi connectivity index (χ3n) is 4.34. The molecule has 1 aliphatic rings. The first-order valence-corrected chi connectivity index (χ1v) is 7.95. The SMILES string of the molecule is CCC(CCN)N1CCN(CCCn2ccnc2)CC1. The van der Waals surface area contributed by atoms with E-state index in [0.717, 1.165) is 19.5 Å². The molecule has 0 radical (unpaired) electrons. The number of nitrogens with two attached hydrogens (primary N) is 1. The Morgan fingerprint density at radius 1 is 1.20 bits per heavy atom. The Morgan fingerprint density at radius 3 is 2.60 bits per heavy atom. The maximum atomic E-state index is 5.71. The summed E-state index contributed by atoms with van der Waals surface area (Å²) in [7, 11) is 0. The van der Waals surface area contributed by atoms with E-state index in [1.165, 1.54) is 45.6 Å². The van der Waals surface area contributed by atoms with Gasteiger partial charge in [0, 0.05) is 51.2 Å². The summed E-state index contributed by atoms with van der Waals surface area (Å²) in [5.74, 6) is 0. The predicted octanol–water partition coefficient (Wildman–Crippen LogP) is 1.02. The summed E-state index contributed by atoms with van der Waals surface area (Å²) in [6.07, 6.45) is 9.35. The van der Waals surface area contributed by atoms with Crippen LogP contribution in [0.2, 0.25) is 0 Å². The summed E-state index contributed by atoms with van der Waals surface area (Å²) in [5.41, 5.74) is 5.71. The molecule has 0 aromatic carbocycles. The van der Waals surface area contributed by atoms with E-state index in [0.29, 0.717) is 6.04 Å². The first-order valence-electron chi connectivity index (χ1n) is 7.95. The van der Waals surface area contributed by atoms with E-state index in [4.69, 9.17) is 5.73 Å². The van der Waals surface area contributed by atoms with Crippen molar-refractivity contribution in [2.75, 3.05) is 39.3 Å². The van der Waals surface area contributed by atoms with Crippen LogP contribution in [0.25, 0.3) is 0 Å². The van der Waals surface area contributed by atoms with E-state index < -0.39 is 0 Å². The van der Waals surface area contributed by atoms with Crippen molar-refractivity contribution in [2.45, 2.75) is 38.8 Å². The van der Waals surface area contributed by atoms with E-state index in [2.05, 4.69) is 26.3 Å². The second-order valence-corrected chi connectivity index (χ2v) is 5.67. The number of nitrogens with zero attached hydrogens (tertiary/aromatic N) is 4. The number of piperazine rings is 1. The minimum absolute atomic E-state index is 0.688. The molecule has 1 fully saturated rings. The van der Waals surface area contributed by atoms with E-state index in [-0.39, 0.29) is 0 Å². The van der Waals surface area contributed by atoms with Gasteiger partial charge in [-0.2, -0.15) is 0 Å². The van der Waals surface area contributed by atoms with Gasteiger partial charge in [0.1, 0.15) is 0 Å². The van der Waals surface area contributed by atoms with Gasteiger partial charge >= 0.3 is 0 Å². The summed E-state index contributed by atoms with van der Waals surface area (Å²) >= 11 is 0. The van der Waals surface area contributed by atoms with E-state index in [9.17, 15) is 0 Å². The van der Waals surface area contributed by atoms with Crippen molar-refractivity contribution in [1.82, 2.24) is 19.4 Å². The van der Waals surface area contributed by atoms with Crippen LogP contribution in [0.5, 0.6) is 0 Å². The fourth-order valence-electron chi connectivity index (χ4n) is 3.09. The van der Waals surface area contributed by atoms with Crippen LogP contribution in [-0.4, -0.2) is 64.7 Å². The van der Waals surface area contributed by atoms with Gasteiger partial charge in [-0.25, -0.2) is 4.98 Å². The van der Waals surface area contributed by atoms with E-state index in [1.807, 2.05) is 18.7 Å². The van der Waals surface area contributed by atoms with Crippen molar-refractivity contribution in [3.8, 4) is 0 Å². The topological polar surface area (TPSA) is 50.3 Å². The molecule has 1 aromatic heterocycles. The van der Waals surface area contributed by atoms with Crippen molar-refractivity contribution in [2.24, 2.45) is 5.73 Å². The Balaban J connectivity index is 1.63. The fraction of sp³-hybridized carbons (Fsp3) is 0.800. The highest BCUT2D eigenvalue weighted by atomic mass is 15.3. The molecular formula is C15H29N5. The van der Waals surface area contributed by atoms with Gasteiger partial charge in [-0.3, -0.25) is 4.90 Å². The van der Waals surface area contributed by atoms with E-state index in [1.54, 1.807) is 0 Å². The van der Waals surface area contributed by atoms with Crippen LogP contribution in [0.3, 0.4) is 0 Å². The maximum Gasteiger partial charge on any atom is 0.0945 e. The Bertz CT molecular complexity index is 343. The van der Waals surface area contributed by atoms with Crippen LogP contribution in [0.4, 0.5) is 0 Å². The molecule has 2 rings (SSSR count). The maximum absolute atomic E-state index is 5.71. The zero-order valence-corrected chi connectivity index (χ0v) is 12.7. The summed E-state index contributed by atoms with van der Waals surface area (Å²) in [4.78, 5) is 9.29. The number of imidazole rings is 1. The van der Waals surface area contributed by atoms with Crippen molar-refractivity contribution in [1.29, 1.82) is 0 Å². The quantitative estimate of drug-likeness (QED) is 0.772. The lowest BCUT2D eigenvalue weighted by atomic mass is 10.1. The van der Waals surface area contributed by atoms with Gasteiger partial charge in [0.15, 0.2) is 0 Å². The molecule has 0 spiro atoms. The molecule has 0 aliphatic carbocycles. The van der Waals surface area contributed by atoms with Crippen molar-refractivity contribution in [3.63, 3.8) is 0 Å². The average Bonchev–Trinajstić information content (AvgIpc) is 2.99. The molecule has 20 heavy (non-hydrogen) atoms. The lowest BCUT2D eigenvalue weighted by Crippen LogP contribution is -2.50. The summed E-state index contributed by atoms with van der Waals surface area (Å²) in [6.45, 7) is 10.1. The number of aryl methyl sites for hydroxylation is 1. The molecule has 1 unspecified atom stereocenters. The first kappa shape index (κ1) is 15.5. The van der Waals surface area contributed by atoms with Gasteiger partial charge in [0.25, 0.3) is 0 Å². The van der Waals surface area contributed by atoms with Gasteiger partial charge < -0.3 is 15.2 Å². The largest absolute Gasteiger partial charge is 0.337 e. The number of hydrogen-bond acceptors (Lipinski definition) is 4. The van der Waals surface area contributed by atoms with Crippen LogP contribution in [-0.2, 0) is 6.54 Å². The van der Waals surface area contributed by atoms with Gasteiger partial charge in [0.05, 0.1) is 6.33 Å². The molecule has 5 nitrogen and oxygen atoms in total. The Labute approximate surface area is 122 Å². The molecule has 1 atom stereocenters. The predicted molar refractivity (Wildman–Crippen MR) is 82.6 cm³/mol. The highest BCUT2D eigenvalue weighted by Gasteiger charge is 2.21. The smallest absolute Gasteiger partial charge is 0.0945 e. The van der Waals surface area contributed by atoms with Gasteiger partial charge in [-0.1, -0.05) is 6.92 Å². The van der Waals surface area contributed by atoms with Crippen LogP contribution in [0.1, 0.15) is 26.2 Å². The molecule has 1 aromatic rings. The Hall–Kier alpha value is -0.910. The number of rotatable bonds is 8. The minimum Gasteiger partial charge on any atom is -0.337 e. The molecule has 1 saturated heterocycles. The molecule has 0 bridgehead atoms. The van der Waals surface area contributed by atoms with Crippen LogP contribution >= 0.6 is 0 Å². The summed E-state index contributed by atoms with van der Waals surface area (Å²) < 4.78 is 2.16. The van der Waals surface area contributed by atoms with Gasteiger partial charge in [0.2, 0.25) is 0 Å². The molecule has 114 valence electrons. The second-order valence-electron chi connectivity index (χ2n) is 5.67. The number of aromatic nitrogens is 2. The highest BCUT2D eigenvalue weighted by molar-refractivity contribution is 4.79. The van der Waals surface area contributed by atoms with Gasteiger partial charge in [-0.05, 0) is 32.4 Å². The molecule has 2 N–H and O–H groups in total. The normalized spacial score (nSPS) is 19.3. The molecule has 5 heteroatoms. The van der Waals surface area contributed by atoms with Crippen molar-refractivity contribution in [3.05, 3.63) is 18.7 Å². The third kappa shape index (κ3) is 4.58.